The van der Waals surface area contributed by atoms with Gasteiger partial charge in [0.1, 0.15) is 6.04 Å². The second-order valence-corrected chi connectivity index (χ2v) is 4.66. The van der Waals surface area contributed by atoms with Crippen LogP contribution in [0.2, 0.25) is 0 Å². The molecule has 0 radical (unpaired) electrons. The molecule has 2 aliphatic rings. The van der Waals surface area contributed by atoms with Crippen LogP contribution in [0.5, 0.6) is 0 Å². The highest BCUT2D eigenvalue weighted by Crippen LogP contribution is 2.32. The van der Waals surface area contributed by atoms with Crippen molar-refractivity contribution in [3.63, 3.8) is 0 Å². The van der Waals surface area contributed by atoms with Crippen LogP contribution in [0, 0.1) is 5.92 Å². The van der Waals surface area contributed by atoms with Crippen molar-refractivity contribution in [1.82, 2.24) is 10.2 Å². The van der Waals surface area contributed by atoms with E-state index in [4.69, 9.17) is 5.11 Å². The van der Waals surface area contributed by atoms with Crippen LogP contribution >= 0.6 is 0 Å². The Balaban J connectivity index is 1.64. The highest BCUT2D eigenvalue weighted by Gasteiger charge is 2.35. The van der Waals surface area contributed by atoms with E-state index in [1.54, 1.807) is 0 Å². The van der Waals surface area contributed by atoms with E-state index >= 15 is 0 Å². The monoisotopic (exact) mass is 212 g/mol. The van der Waals surface area contributed by atoms with Gasteiger partial charge in [-0.25, -0.2) is 0 Å². The molecule has 4 heteroatoms. The molecular weight excluding hydrogens is 192 g/mol. The molecule has 0 amide bonds. The van der Waals surface area contributed by atoms with Crippen LogP contribution in [0.4, 0.5) is 0 Å². The van der Waals surface area contributed by atoms with Gasteiger partial charge in [-0.1, -0.05) is 0 Å². The van der Waals surface area contributed by atoms with E-state index in [0.717, 1.165) is 25.9 Å². The molecule has 15 heavy (non-hydrogen) atoms. The van der Waals surface area contributed by atoms with Crippen molar-refractivity contribution < 1.29 is 9.90 Å². The van der Waals surface area contributed by atoms with E-state index in [9.17, 15) is 4.79 Å². The molecule has 2 rings (SSSR count). The summed E-state index contributed by atoms with van der Waals surface area (Å²) < 4.78 is 0. The van der Waals surface area contributed by atoms with Crippen molar-refractivity contribution in [3.8, 4) is 0 Å². The van der Waals surface area contributed by atoms with Crippen LogP contribution in [0.25, 0.3) is 0 Å². The first kappa shape index (κ1) is 10.9. The maximum Gasteiger partial charge on any atom is 0.320 e. The van der Waals surface area contributed by atoms with Crippen LogP contribution in [0.15, 0.2) is 0 Å². The van der Waals surface area contributed by atoms with E-state index in [2.05, 4.69) is 10.2 Å². The van der Waals surface area contributed by atoms with Crippen molar-refractivity contribution in [1.29, 1.82) is 0 Å². The molecule has 86 valence electrons. The normalized spacial score (nSPS) is 24.3. The second-order valence-electron chi connectivity index (χ2n) is 4.66. The number of rotatable bonds is 6. The van der Waals surface area contributed by atoms with E-state index in [0.29, 0.717) is 5.92 Å². The summed E-state index contributed by atoms with van der Waals surface area (Å²) in [6.45, 7) is 4.18. The van der Waals surface area contributed by atoms with Gasteiger partial charge in [0.25, 0.3) is 0 Å². The van der Waals surface area contributed by atoms with Crippen molar-refractivity contribution in [3.05, 3.63) is 0 Å². The molecule has 1 unspecified atom stereocenters. The van der Waals surface area contributed by atoms with E-state index < -0.39 is 5.97 Å². The number of carbonyl (C=O) groups is 1. The van der Waals surface area contributed by atoms with Crippen molar-refractivity contribution in [2.24, 2.45) is 5.92 Å². The van der Waals surface area contributed by atoms with E-state index in [-0.39, 0.29) is 6.04 Å². The van der Waals surface area contributed by atoms with E-state index in [1.165, 1.54) is 25.9 Å². The molecule has 0 spiro atoms. The van der Waals surface area contributed by atoms with Gasteiger partial charge in [0, 0.05) is 13.1 Å². The van der Waals surface area contributed by atoms with Gasteiger partial charge in [-0.05, 0) is 44.7 Å². The molecule has 1 heterocycles. The van der Waals surface area contributed by atoms with Gasteiger partial charge in [-0.15, -0.1) is 0 Å². The fourth-order valence-corrected chi connectivity index (χ4v) is 2.27. The van der Waals surface area contributed by atoms with Gasteiger partial charge in [-0.3, -0.25) is 4.79 Å². The Bertz CT molecular complexity index is 223. The fraction of sp³-hybridized carbons (Fsp3) is 0.909. The fourth-order valence-electron chi connectivity index (χ4n) is 2.27. The SMILES string of the molecule is O=C(O)C(NCCN1CCCC1)C1CC1. The van der Waals surface area contributed by atoms with Crippen LogP contribution in [-0.2, 0) is 4.79 Å². The van der Waals surface area contributed by atoms with Crippen LogP contribution < -0.4 is 5.32 Å². The first-order valence-electron chi connectivity index (χ1n) is 5.96. The zero-order chi connectivity index (χ0) is 10.7. The first-order valence-corrected chi connectivity index (χ1v) is 5.96. The maximum atomic E-state index is 10.9. The molecule has 1 aliphatic heterocycles. The van der Waals surface area contributed by atoms with Gasteiger partial charge in [0.15, 0.2) is 0 Å². The molecule has 0 aromatic heterocycles. The third-order valence-electron chi connectivity index (χ3n) is 3.35. The summed E-state index contributed by atoms with van der Waals surface area (Å²) in [4.78, 5) is 13.3. The summed E-state index contributed by atoms with van der Waals surface area (Å²) in [6.07, 6.45) is 4.75. The number of hydrogen-bond donors (Lipinski definition) is 2. The Kier molecular flexibility index (Phi) is 3.59. The molecule has 1 saturated carbocycles. The van der Waals surface area contributed by atoms with Gasteiger partial charge in [0.05, 0.1) is 0 Å². The zero-order valence-electron chi connectivity index (χ0n) is 9.11. The summed E-state index contributed by atoms with van der Waals surface area (Å²) >= 11 is 0. The van der Waals surface area contributed by atoms with Crippen molar-refractivity contribution >= 4 is 5.97 Å². The summed E-state index contributed by atoms with van der Waals surface area (Å²) in [5, 5.41) is 12.2. The number of carboxylic acids is 1. The Morgan fingerprint density at radius 3 is 2.60 bits per heavy atom. The molecular formula is C11H20N2O2. The van der Waals surface area contributed by atoms with Crippen LogP contribution in [0.1, 0.15) is 25.7 Å². The molecule has 1 atom stereocenters. The molecule has 0 aromatic rings. The summed E-state index contributed by atoms with van der Waals surface area (Å²) in [5.74, 6) is -0.292. The molecule has 0 aromatic carbocycles. The predicted molar refractivity (Wildman–Crippen MR) is 57.8 cm³/mol. The third kappa shape index (κ3) is 3.18. The number of likely N-dealkylation sites (tertiary alicyclic amines) is 1. The number of hydrogen-bond acceptors (Lipinski definition) is 3. The predicted octanol–water partition coefficient (Wildman–Crippen LogP) is 0.535. The highest BCUT2D eigenvalue weighted by molar-refractivity contribution is 5.74. The molecule has 1 aliphatic carbocycles. The Morgan fingerprint density at radius 2 is 2.07 bits per heavy atom. The van der Waals surface area contributed by atoms with E-state index in [1.807, 2.05) is 0 Å². The van der Waals surface area contributed by atoms with Gasteiger partial charge in [0.2, 0.25) is 0 Å². The molecule has 4 nitrogen and oxygen atoms in total. The topological polar surface area (TPSA) is 52.6 Å². The number of carboxylic acid groups (broad SMARTS) is 1. The minimum absolute atomic E-state index is 0.299. The van der Waals surface area contributed by atoms with Crippen LogP contribution in [-0.4, -0.2) is 48.2 Å². The third-order valence-corrected chi connectivity index (χ3v) is 3.35. The van der Waals surface area contributed by atoms with Crippen LogP contribution in [0.3, 0.4) is 0 Å². The zero-order valence-corrected chi connectivity index (χ0v) is 9.11. The lowest BCUT2D eigenvalue weighted by Gasteiger charge is -2.18. The lowest BCUT2D eigenvalue weighted by molar-refractivity contribution is -0.140. The standard InChI is InChI=1S/C11H20N2O2/c14-11(15)10(9-3-4-9)12-5-8-13-6-1-2-7-13/h9-10,12H,1-8H2,(H,14,15). The minimum Gasteiger partial charge on any atom is -0.480 e. The maximum absolute atomic E-state index is 10.9. The summed E-state index contributed by atoms with van der Waals surface area (Å²) in [7, 11) is 0. The lowest BCUT2D eigenvalue weighted by atomic mass is 10.2. The molecule has 2 N–H and O–H groups in total. The highest BCUT2D eigenvalue weighted by atomic mass is 16.4. The lowest BCUT2D eigenvalue weighted by Crippen LogP contribution is -2.42. The van der Waals surface area contributed by atoms with Gasteiger partial charge >= 0.3 is 5.97 Å². The van der Waals surface area contributed by atoms with Gasteiger partial charge < -0.3 is 15.3 Å². The quantitative estimate of drug-likeness (QED) is 0.674. The number of nitrogens with zero attached hydrogens (tertiary/aromatic N) is 1. The number of nitrogens with one attached hydrogen (secondary N) is 1. The smallest absolute Gasteiger partial charge is 0.320 e. The van der Waals surface area contributed by atoms with Crippen molar-refractivity contribution in [2.75, 3.05) is 26.2 Å². The Morgan fingerprint density at radius 1 is 1.40 bits per heavy atom. The van der Waals surface area contributed by atoms with Crippen molar-refractivity contribution in [2.45, 2.75) is 31.7 Å². The number of aliphatic carboxylic acids is 1. The first-order chi connectivity index (χ1) is 7.27. The molecule has 0 bridgehead atoms. The second kappa shape index (κ2) is 4.94. The Labute approximate surface area is 90.6 Å². The Hall–Kier alpha value is -0.610. The molecule has 1 saturated heterocycles. The summed E-state index contributed by atoms with van der Waals surface area (Å²) in [5.41, 5.74) is 0. The average molecular weight is 212 g/mol. The average Bonchev–Trinajstić information content (AvgIpc) is 2.89. The minimum atomic E-state index is -0.682. The largest absolute Gasteiger partial charge is 0.480 e. The van der Waals surface area contributed by atoms with Gasteiger partial charge in [-0.2, -0.15) is 0 Å². The summed E-state index contributed by atoms with van der Waals surface area (Å²) in [6, 6.07) is -0.299. The molecule has 2 fully saturated rings.